The molecule has 0 aliphatic rings. The third-order valence-corrected chi connectivity index (χ3v) is 3.72. The van der Waals surface area contributed by atoms with Crippen LogP contribution in [-0.2, 0) is 0 Å². The molecule has 0 saturated heterocycles. The minimum absolute atomic E-state index is 0.160. The molecule has 2 heterocycles. The van der Waals surface area contributed by atoms with E-state index in [0.717, 1.165) is 21.2 Å². The van der Waals surface area contributed by atoms with Crippen LogP contribution >= 0.6 is 27.5 Å². The fourth-order valence-corrected chi connectivity index (χ4v) is 2.25. The van der Waals surface area contributed by atoms with Crippen molar-refractivity contribution in [3.8, 4) is 0 Å². The highest BCUT2D eigenvalue weighted by Gasteiger charge is 2.09. The molecule has 3 rings (SSSR count). The number of H-pyrrole nitrogens is 1. The number of nitrogens with one attached hydrogen (secondary N) is 2. The zero-order valence-corrected chi connectivity index (χ0v) is 12.2. The summed E-state index contributed by atoms with van der Waals surface area (Å²) >= 11 is 9.38. The van der Waals surface area contributed by atoms with Gasteiger partial charge in [0.25, 0.3) is 0 Å². The molecule has 1 aromatic carbocycles. The molecule has 0 amide bonds. The first-order valence-corrected chi connectivity index (χ1v) is 6.70. The topological polar surface area (TPSA) is 66.5 Å². The minimum Gasteiger partial charge on any atom is -0.340 e. The molecule has 0 bridgehead atoms. The second-order valence-electron chi connectivity index (χ2n) is 4.03. The molecule has 0 unspecified atom stereocenters. The van der Waals surface area contributed by atoms with E-state index in [2.05, 4.69) is 41.2 Å². The van der Waals surface area contributed by atoms with E-state index in [1.165, 1.54) is 0 Å². The van der Waals surface area contributed by atoms with E-state index < -0.39 is 0 Å². The molecule has 0 aliphatic heterocycles. The Morgan fingerprint density at radius 2 is 2.16 bits per heavy atom. The van der Waals surface area contributed by atoms with Crippen molar-refractivity contribution in [2.24, 2.45) is 0 Å². The summed E-state index contributed by atoms with van der Waals surface area (Å²) in [4.78, 5) is 15.3. The predicted molar refractivity (Wildman–Crippen MR) is 78.9 cm³/mol. The van der Waals surface area contributed by atoms with Crippen molar-refractivity contribution >= 4 is 50.2 Å². The Morgan fingerprint density at radius 3 is 2.95 bits per heavy atom. The van der Waals surface area contributed by atoms with Crippen LogP contribution in [0.5, 0.6) is 0 Å². The maximum absolute atomic E-state index is 5.88. The van der Waals surface area contributed by atoms with E-state index in [1.54, 1.807) is 6.33 Å². The number of anilines is 2. The normalized spacial score (nSPS) is 10.9. The SMILES string of the molecule is Cc1ccc(Nc2nc(Cl)nc3nc[nH]c23)cc1Br. The van der Waals surface area contributed by atoms with Crippen LogP contribution in [0.4, 0.5) is 11.5 Å². The van der Waals surface area contributed by atoms with Gasteiger partial charge in [0.15, 0.2) is 11.5 Å². The first-order chi connectivity index (χ1) is 9.13. The number of aromatic nitrogens is 4. The third kappa shape index (κ3) is 2.41. The summed E-state index contributed by atoms with van der Waals surface area (Å²) in [5.41, 5.74) is 3.33. The van der Waals surface area contributed by atoms with Crippen molar-refractivity contribution in [2.75, 3.05) is 5.32 Å². The van der Waals surface area contributed by atoms with Crippen LogP contribution in [-0.4, -0.2) is 19.9 Å². The maximum atomic E-state index is 5.88. The Morgan fingerprint density at radius 1 is 1.32 bits per heavy atom. The Labute approximate surface area is 122 Å². The van der Waals surface area contributed by atoms with Crippen molar-refractivity contribution in [1.29, 1.82) is 0 Å². The number of aromatic amines is 1. The van der Waals surface area contributed by atoms with Gasteiger partial charge in [0.05, 0.1) is 6.33 Å². The molecule has 0 atom stereocenters. The zero-order valence-electron chi connectivity index (χ0n) is 9.91. The van der Waals surface area contributed by atoms with Gasteiger partial charge in [-0.2, -0.15) is 9.97 Å². The summed E-state index contributed by atoms with van der Waals surface area (Å²) in [6, 6.07) is 5.96. The van der Waals surface area contributed by atoms with Crippen molar-refractivity contribution in [3.05, 3.63) is 39.8 Å². The number of hydrogen-bond acceptors (Lipinski definition) is 4. The second-order valence-corrected chi connectivity index (χ2v) is 5.22. The van der Waals surface area contributed by atoms with Gasteiger partial charge in [0.1, 0.15) is 5.52 Å². The fraction of sp³-hybridized carbons (Fsp3) is 0.0833. The van der Waals surface area contributed by atoms with Crippen LogP contribution in [0, 0.1) is 6.92 Å². The van der Waals surface area contributed by atoms with Gasteiger partial charge in [-0.1, -0.05) is 22.0 Å². The Hall–Kier alpha value is -1.66. The van der Waals surface area contributed by atoms with Crippen molar-refractivity contribution in [3.63, 3.8) is 0 Å². The minimum atomic E-state index is 0.160. The average Bonchev–Trinajstić information content (AvgIpc) is 2.82. The lowest BCUT2D eigenvalue weighted by Gasteiger charge is -2.08. The lowest BCUT2D eigenvalue weighted by atomic mass is 10.2. The molecule has 2 N–H and O–H groups in total. The van der Waals surface area contributed by atoms with Crippen LogP contribution < -0.4 is 5.32 Å². The van der Waals surface area contributed by atoms with Gasteiger partial charge in [0, 0.05) is 10.2 Å². The lowest BCUT2D eigenvalue weighted by molar-refractivity contribution is 1.20. The van der Waals surface area contributed by atoms with Crippen LogP contribution in [0.3, 0.4) is 0 Å². The van der Waals surface area contributed by atoms with Crippen molar-refractivity contribution < 1.29 is 0 Å². The first kappa shape index (κ1) is 12.4. The first-order valence-electron chi connectivity index (χ1n) is 5.53. The van der Waals surface area contributed by atoms with E-state index in [-0.39, 0.29) is 5.28 Å². The second kappa shape index (κ2) is 4.79. The number of nitrogens with zero attached hydrogens (tertiary/aromatic N) is 3. The molecule has 0 aliphatic carbocycles. The van der Waals surface area contributed by atoms with E-state index >= 15 is 0 Å². The Balaban J connectivity index is 2.04. The van der Waals surface area contributed by atoms with Gasteiger partial charge in [-0.15, -0.1) is 0 Å². The molecule has 0 radical (unpaired) electrons. The van der Waals surface area contributed by atoms with Crippen LogP contribution in [0.2, 0.25) is 5.28 Å². The fourth-order valence-electron chi connectivity index (χ4n) is 1.70. The average molecular weight is 339 g/mol. The highest BCUT2D eigenvalue weighted by molar-refractivity contribution is 9.10. The molecule has 3 aromatic rings. The summed E-state index contributed by atoms with van der Waals surface area (Å²) in [5.74, 6) is 0.600. The highest BCUT2D eigenvalue weighted by Crippen LogP contribution is 2.26. The molecule has 19 heavy (non-hydrogen) atoms. The van der Waals surface area contributed by atoms with Crippen LogP contribution in [0.1, 0.15) is 5.56 Å². The molecule has 2 aromatic heterocycles. The molecular weight excluding hydrogens is 330 g/mol. The predicted octanol–water partition coefficient (Wildman–Crippen LogP) is 3.82. The van der Waals surface area contributed by atoms with E-state index in [9.17, 15) is 0 Å². The van der Waals surface area contributed by atoms with Gasteiger partial charge in [-0.05, 0) is 36.2 Å². The van der Waals surface area contributed by atoms with Crippen molar-refractivity contribution in [2.45, 2.75) is 6.92 Å². The van der Waals surface area contributed by atoms with Crippen LogP contribution in [0.25, 0.3) is 11.2 Å². The van der Waals surface area contributed by atoms with Crippen molar-refractivity contribution in [1.82, 2.24) is 19.9 Å². The number of benzene rings is 1. The van der Waals surface area contributed by atoms with E-state index in [4.69, 9.17) is 11.6 Å². The lowest BCUT2D eigenvalue weighted by Crippen LogP contribution is -1.97. The molecule has 7 heteroatoms. The quantitative estimate of drug-likeness (QED) is 0.697. The number of aryl methyl sites for hydroxylation is 1. The zero-order chi connectivity index (χ0) is 13.4. The summed E-state index contributed by atoms with van der Waals surface area (Å²) in [6.45, 7) is 2.03. The molecule has 0 fully saturated rings. The number of imidazole rings is 1. The van der Waals surface area contributed by atoms with Gasteiger partial charge < -0.3 is 10.3 Å². The monoisotopic (exact) mass is 337 g/mol. The van der Waals surface area contributed by atoms with Gasteiger partial charge >= 0.3 is 0 Å². The standard InChI is InChI=1S/C12H9BrClN5/c1-6-2-3-7(4-8(6)13)17-11-9-10(16-5-15-9)18-12(14)19-11/h2-5H,1H3,(H2,15,16,17,18,19). The maximum Gasteiger partial charge on any atom is 0.226 e. The molecule has 0 saturated carbocycles. The summed E-state index contributed by atoms with van der Waals surface area (Å²) in [6.07, 6.45) is 1.56. The van der Waals surface area contributed by atoms with E-state index in [0.29, 0.717) is 11.5 Å². The number of hydrogen-bond donors (Lipinski definition) is 2. The smallest absolute Gasteiger partial charge is 0.226 e. The summed E-state index contributed by atoms with van der Waals surface area (Å²) in [5, 5.41) is 3.37. The number of rotatable bonds is 2. The van der Waals surface area contributed by atoms with Gasteiger partial charge in [-0.3, -0.25) is 0 Å². The number of halogens is 2. The summed E-state index contributed by atoms with van der Waals surface area (Å²) < 4.78 is 1.03. The third-order valence-electron chi connectivity index (χ3n) is 2.69. The van der Waals surface area contributed by atoms with E-state index in [1.807, 2.05) is 25.1 Å². The molecule has 5 nitrogen and oxygen atoms in total. The Kier molecular flexibility index (Phi) is 3.12. The highest BCUT2D eigenvalue weighted by atomic mass is 79.9. The molecular formula is C12H9BrClN5. The summed E-state index contributed by atoms with van der Waals surface area (Å²) in [7, 11) is 0. The van der Waals surface area contributed by atoms with Gasteiger partial charge in [-0.25, -0.2) is 4.98 Å². The Bertz CT molecular complexity index is 755. The van der Waals surface area contributed by atoms with Gasteiger partial charge in [0.2, 0.25) is 5.28 Å². The molecule has 96 valence electrons. The van der Waals surface area contributed by atoms with Crippen LogP contribution in [0.15, 0.2) is 29.0 Å². The largest absolute Gasteiger partial charge is 0.340 e. The molecule has 0 spiro atoms. The number of fused-ring (bicyclic) bond motifs is 1.